The predicted molar refractivity (Wildman–Crippen MR) is 114 cm³/mol. The molecule has 3 rings (SSSR count). The summed E-state index contributed by atoms with van der Waals surface area (Å²) in [6, 6.07) is 10.8. The number of rotatable bonds is 8. The Hall–Kier alpha value is -2.82. The molecule has 1 aromatic heterocycles. The topological polar surface area (TPSA) is 112 Å². The van der Waals surface area contributed by atoms with E-state index in [-0.39, 0.29) is 23.7 Å². The summed E-state index contributed by atoms with van der Waals surface area (Å²) in [5.41, 5.74) is -0.0326. The predicted octanol–water partition coefficient (Wildman–Crippen LogP) is 4.34. The largest absolute Gasteiger partial charge is 0.484 e. The molecular formula is C18H15Cl2N5O4S. The molecule has 1 N–H and O–H groups in total. The second-order valence-electron chi connectivity index (χ2n) is 5.93. The van der Waals surface area contributed by atoms with Gasteiger partial charge < -0.3 is 14.6 Å². The highest BCUT2D eigenvalue weighted by Crippen LogP contribution is 2.28. The molecule has 1 heterocycles. The lowest BCUT2D eigenvalue weighted by Crippen LogP contribution is -2.15. The van der Waals surface area contributed by atoms with Gasteiger partial charge in [-0.25, -0.2) is 0 Å². The van der Waals surface area contributed by atoms with Gasteiger partial charge in [-0.2, -0.15) is 0 Å². The first-order valence-electron chi connectivity index (χ1n) is 8.47. The van der Waals surface area contributed by atoms with Crippen molar-refractivity contribution in [1.82, 2.24) is 14.8 Å². The van der Waals surface area contributed by atoms with Crippen molar-refractivity contribution in [2.75, 3.05) is 11.1 Å². The number of nitro benzene ring substituents is 1. The van der Waals surface area contributed by atoms with Crippen LogP contribution in [0.2, 0.25) is 10.0 Å². The van der Waals surface area contributed by atoms with Crippen molar-refractivity contribution in [3.63, 3.8) is 0 Å². The number of para-hydroxylation sites is 2. The molecule has 0 saturated carbocycles. The van der Waals surface area contributed by atoms with Crippen LogP contribution in [0.5, 0.6) is 5.75 Å². The number of thioether (sulfide) groups is 1. The number of ether oxygens (including phenoxy) is 1. The number of carbonyl (C=O) groups excluding carboxylic acids is 1. The fourth-order valence-electron chi connectivity index (χ4n) is 2.39. The SMILES string of the molecule is Cn1c(COc2ccc(Cl)cc2Cl)nnc1SCC(=O)Nc1ccccc1[N+](=O)[O-]. The summed E-state index contributed by atoms with van der Waals surface area (Å²) in [7, 11) is 1.74. The van der Waals surface area contributed by atoms with E-state index in [9.17, 15) is 14.9 Å². The molecule has 0 atom stereocenters. The van der Waals surface area contributed by atoms with Gasteiger partial charge in [0.1, 0.15) is 18.0 Å². The lowest BCUT2D eigenvalue weighted by Gasteiger charge is -2.08. The maximum absolute atomic E-state index is 12.2. The number of amides is 1. The quantitative estimate of drug-likeness (QED) is 0.297. The molecule has 3 aromatic rings. The van der Waals surface area contributed by atoms with E-state index in [1.54, 1.807) is 35.9 Å². The third kappa shape index (κ3) is 5.41. The highest BCUT2D eigenvalue weighted by Gasteiger charge is 2.16. The number of nitrogens with zero attached hydrogens (tertiary/aromatic N) is 4. The molecule has 0 fully saturated rings. The maximum atomic E-state index is 12.2. The summed E-state index contributed by atoms with van der Waals surface area (Å²) in [5, 5.41) is 23.0. The van der Waals surface area contributed by atoms with E-state index in [0.29, 0.717) is 26.8 Å². The van der Waals surface area contributed by atoms with E-state index >= 15 is 0 Å². The standard InChI is InChI=1S/C18H15Cl2N5O4S/c1-24-16(9-29-15-7-6-11(19)8-12(15)20)22-23-18(24)30-10-17(26)21-13-4-2-3-5-14(13)25(27)28/h2-8H,9-10H2,1H3,(H,21,26). The molecule has 0 aliphatic carbocycles. The van der Waals surface area contributed by atoms with Crippen LogP contribution in [-0.2, 0) is 18.4 Å². The van der Waals surface area contributed by atoms with Gasteiger partial charge in [-0.15, -0.1) is 10.2 Å². The average molecular weight is 468 g/mol. The molecule has 156 valence electrons. The summed E-state index contributed by atoms with van der Waals surface area (Å²) >= 11 is 13.1. The van der Waals surface area contributed by atoms with Gasteiger partial charge in [-0.3, -0.25) is 14.9 Å². The maximum Gasteiger partial charge on any atom is 0.292 e. The van der Waals surface area contributed by atoms with Gasteiger partial charge in [0, 0.05) is 18.1 Å². The molecule has 12 heteroatoms. The second-order valence-corrected chi connectivity index (χ2v) is 7.72. The number of nitro groups is 1. The van der Waals surface area contributed by atoms with Crippen molar-refractivity contribution in [3.05, 3.63) is 68.4 Å². The summed E-state index contributed by atoms with van der Waals surface area (Å²) in [6.07, 6.45) is 0. The molecule has 9 nitrogen and oxygen atoms in total. The Morgan fingerprint density at radius 2 is 2.03 bits per heavy atom. The van der Waals surface area contributed by atoms with Crippen LogP contribution in [0.1, 0.15) is 5.82 Å². The smallest absolute Gasteiger partial charge is 0.292 e. The Morgan fingerprint density at radius 3 is 2.77 bits per heavy atom. The van der Waals surface area contributed by atoms with Crippen LogP contribution in [0.3, 0.4) is 0 Å². The minimum Gasteiger partial charge on any atom is -0.484 e. The van der Waals surface area contributed by atoms with E-state index in [0.717, 1.165) is 11.8 Å². The first-order chi connectivity index (χ1) is 14.3. The Morgan fingerprint density at radius 1 is 1.27 bits per heavy atom. The number of carbonyl (C=O) groups is 1. The fraction of sp³-hybridized carbons (Fsp3) is 0.167. The third-order valence-corrected chi connectivity index (χ3v) is 5.43. The Labute approximate surface area is 185 Å². The number of hydrogen-bond acceptors (Lipinski definition) is 7. The zero-order chi connectivity index (χ0) is 21.7. The zero-order valence-corrected chi connectivity index (χ0v) is 17.9. The van der Waals surface area contributed by atoms with Crippen molar-refractivity contribution in [2.24, 2.45) is 7.05 Å². The van der Waals surface area contributed by atoms with E-state index < -0.39 is 10.8 Å². The first kappa shape index (κ1) is 21.9. The normalized spacial score (nSPS) is 10.6. The first-order valence-corrected chi connectivity index (χ1v) is 10.2. The molecule has 0 aliphatic rings. The van der Waals surface area contributed by atoms with Crippen LogP contribution in [0.25, 0.3) is 0 Å². The van der Waals surface area contributed by atoms with Gasteiger partial charge >= 0.3 is 0 Å². The van der Waals surface area contributed by atoms with Crippen molar-refractivity contribution < 1.29 is 14.5 Å². The monoisotopic (exact) mass is 467 g/mol. The van der Waals surface area contributed by atoms with Gasteiger partial charge in [-0.05, 0) is 24.3 Å². The van der Waals surface area contributed by atoms with Crippen LogP contribution < -0.4 is 10.1 Å². The van der Waals surface area contributed by atoms with Crippen molar-refractivity contribution in [1.29, 1.82) is 0 Å². The van der Waals surface area contributed by atoms with Gasteiger partial charge in [0.05, 0.1) is 15.7 Å². The Balaban J connectivity index is 1.57. The Bertz CT molecular complexity index is 1090. The van der Waals surface area contributed by atoms with E-state index in [4.69, 9.17) is 27.9 Å². The van der Waals surface area contributed by atoms with Gasteiger partial charge in [-0.1, -0.05) is 47.1 Å². The van der Waals surface area contributed by atoms with Gasteiger partial charge in [0.25, 0.3) is 5.69 Å². The van der Waals surface area contributed by atoms with E-state index in [1.165, 1.54) is 18.2 Å². The summed E-state index contributed by atoms with van der Waals surface area (Å²) in [4.78, 5) is 22.7. The molecule has 0 radical (unpaired) electrons. The number of aromatic nitrogens is 3. The number of anilines is 1. The summed E-state index contributed by atoms with van der Waals surface area (Å²) in [5.74, 6) is 0.592. The number of halogens is 2. The molecule has 0 bridgehead atoms. The van der Waals surface area contributed by atoms with Crippen LogP contribution in [0.4, 0.5) is 11.4 Å². The zero-order valence-electron chi connectivity index (χ0n) is 15.5. The second kappa shape index (κ2) is 9.79. The minimum absolute atomic E-state index is 0.00188. The molecule has 0 unspecified atom stereocenters. The van der Waals surface area contributed by atoms with E-state index in [2.05, 4.69) is 15.5 Å². The molecule has 0 saturated heterocycles. The third-order valence-electron chi connectivity index (χ3n) is 3.88. The van der Waals surface area contributed by atoms with Crippen LogP contribution in [0, 0.1) is 10.1 Å². The van der Waals surface area contributed by atoms with Crippen molar-refractivity contribution >= 4 is 52.2 Å². The molecule has 0 aliphatic heterocycles. The molecule has 1 amide bonds. The van der Waals surface area contributed by atoms with Gasteiger partial charge in [0.15, 0.2) is 11.0 Å². The lowest BCUT2D eigenvalue weighted by atomic mass is 10.2. The summed E-state index contributed by atoms with van der Waals surface area (Å²) in [6.45, 7) is 0.119. The van der Waals surface area contributed by atoms with Crippen molar-refractivity contribution in [3.8, 4) is 5.75 Å². The summed E-state index contributed by atoms with van der Waals surface area (Å²) < 4.78 is 7.33. The van der Waals surface area contributed by atoms with Gasteiger partial charge in [0.2, 0.25) is 5.91 Å². The highest BCUT2D eigenvalue weighted by atomic mass is 35.5. The van der Waals surface area contributed by atoms with Crippen LogP contribution in [-0.4, -0.2) is 31.3 Å². The minimum atomic E-state index is -0.551. The highest BCUT2D eigenvalue weighted by molar-refractivity contribution is 7.99. The molecule has 30 heavy (non-hydrogen) atoms. The Kier molecular flexibility index (Phi) is 7.14. The van der Waals surface area contributed by atoms with Crippen LogP contribution in [0.15, 0.2) is 47.6 Å². The number of nitrogens with one attached hydrogen (secondary N) is 1. The van der Waals surface area contributed by atoms with Crippen LogP contribution >= 0.6 is 35.0 Å². The fourth-order valence-corrected chi connectivity index (χ4v) is 3.58. The molecular weight excluding hydrogens is 453 g/mol. The average Bonchev–Trinajstić information content (AvgIpc) is 3.05. The van der Waals surface area contributed by atoms with Crippen molar-refractivity contribution in [2.45, 2.75) is 11.8 Å². The molecule has 2 aromatic carbocycles. The lowest BCUT2D eigenvalue weighted by molar-refractivity contribution is -0.383. The number of benzene rings is 2. The van der Waals surface area contributed by atoms with E-state index in [1.807, 2.05) is 0 Å². The number of hydrogen-bond donors (Lipinski definition) is 1. The molecule has 0 spiro atoms.